The molecule has 0 saturated heterocycles. The quantitative estimate of drug-likeness (QED) is 0.456. The number of thiophene rings is 1. The molecule has 2 N–H and O–H groups in total. The summed E-state index contributed by atoms with van der Waals surface area (Å²) in [6.45, 7) is 3.55. The van der Waals surface area contributed by atoms with E-state index < -0.39 is 0 Å². The Kier molecular flexibility index (Phi) is 7.60. The molecule has 0 unspecified atom stereocenters. The molecule has 2 rings (SSSR count). The summed E-state index contributed by atoms with van der Waals surface area (Å²) in [6.07, 6.45) is 2.65. The number of aromatic nitrogens is 1. The van der Waals surface area contributed by atoms with E-state index >= 15 is 0 Å². The average molecular weight is 406 g/mol. The average Bonchev–Trinajstić information content (AvgIpc) is 3.10. The minimum atomic E-state index is 0. The highest BCUT2D eigenvalue weighted by Gasteiger charge is 2.02. The van der Waals surface area contributed by atoms with E-state index in [1.165, 1.54) is 9.75 Å². The van der Waals surface area contributed by atoms with Crippen molar-refractivity contribution in [3.63, 3.8) is 0 Å². The molecule has 0 aromatic carbocycles. The molecule has 0 radical (unpaired) electrons. The normalized spacial score (nSPS) is 11.0. The van der Waals surface area contributed by atoms with Crippen LogP contribution in [-0.4, -0.2) is 18.2 Å². The highest BCUT2D eigenvalue weighted by atomic mass is 127. The van der Waals surface area contributed by atoms with Gasteiger partial charge < -0.3 is 15.2 Å². The van der Waals surface area contributed by atoms with Crippen molar-refractivity contribution >= 4 is 41.3 Å². The van der Waals surface area contributed by atoms with E-state index in [2.05, 4.69) is 39.8 Å². The van der Waals surface area contributed by atoms with Crippen molar-refractivity contribution in [2.24, 2.45) is 4.99 Å². The summed E-state index contributed by atoms with van der Waals surface area (Å²) >= 11 is 1.83. The minimum Gasteiger partial charge on any atom is -0.364 e. The summed E-state index contributed by atoms with van der Waals surface area (Å²) in [6, 6.07) is 6.15. The van der Waals surface area contributed by atoms with Crippen molar-refractivity contribution in [3.8, 4) is 0 Å². The van der Waals surface area contributed by atoms with E-state index in [0.29, 0.717) is 6.54 Å². The van der Waals surface area contributed by atoms with Gasteiger partial charge in [-0.1, -0.05) is 12.1 Å². The number of rotatable bonds is 5. The van der Waals surface area contributed by atoms with Gasteiger partial charge in [-0.25, -0.2) is 0 Å². The second-order valence-electron chi connectivity index (χ2n) is 3.99. The number of nitrogens with one attached hydrogen (secondary N) is 2. The molecule has 2 heterocycles. The van der Waals surface area contributed by atoms with Gasteiger partial charge in [-0.3, -0.25) is 4.99 Å². The Balaban J connectivity index is 0.00000200. The van der Waals surface area contributed by atoms with E-state index in [4.69, 9.17) is 4.52 Å². The molecular weight excluding hydrogens is 387 g/mol. The Bertz CT molecular complexity index is 524. The van der Waals surface area contributed by atoms with E-state index in [0.717, 1.165) is 24.6 Å². The maximum absolute atomic E-state index is 4.78. The van der Waals surface area contributed by atoms with Crippen molar-refractivity contribution in [1.82, 2.24) is 15.8 Å². The van der Waals surface area contributed by atoms with Gasteiger partial charge in [-0.15, -0.1) is 35.3 Å². The number of guanidine groups is 1. The van der Waals surface area contributed by atoms with Crippen LogP contribution in [0.5, 0.6) is 0 Å². The van der Waals surface area contributed by atoms with Crippen LogP contribution in [0.3, 0.4) is 0 Å². The third-order valence-electron chi connectivity index (χ3n) is 2.65. The predicted octanol–water partition coefficient (Wildman–Crippen LogP) is 2.78. The molecule has 20 heavy (non-hydrogen) atoms. The molecule has 0 saturated carbocycles. The standard InChI is InChI=1S/C13H18N4OS.HI/c1-3-11-4-5-12(19-11)9-16-13(14-2)15-8-10-6-7-18-17-10;/h4-7H,3,8-9H2,1-2H3,(H2,14,15,16);1H. The van der Waals surface area contributed by atoms with Gasteiger partial charge >= 0.3 is 0 Å². The van der Waals surface area contributed by atoms with Crippen LogP contribution in [0, 0.1) is 0 Å². The molecule has 110 valence electrons. The highest BCUT2D eigenvalue weighted by Crippen LogP contribution is 2.16. The Morgan fingerprint density at radius 3 is 2.60 bits per heavy atom. The molecule has 0 atom stereocenters. The maximum atomic E-state index is 4.78. The van der Waals surface area contributed by atoms with Gasteiger partial charge in [0.1, 0.15) is 12.0 Å². The Morgan fingerprint density at radius 2 is 2.00 bits per heavy atom. The lowest BCUT2D eigenvalue weighted by Crippen LogP contribution is -2.36. The minimum absolute atomic E-state index is 0. The van der Waals surface area contributed by atoms with Crippen LogP contribution in [-0.2, 0) is 19.5 Å². The fourth-order valence-electron chi connectivity index (χ4n) is 1.60. The molecule has 0 aliphatic rings. The Morgan fingerprint density at radius 1 is 1.25 bits per heavy atom. The fourth-order valence-corrected chi connectivity index (χ4v) is 2.50. The topological polar surface area (TPSA) is 62.5 Å². The van der Waals surface area contributed by atoms with Crippen LogP contribution in [0.1, 0.15) is 22.4 Å². The molecule has 0 bridgehead atoms. The van der Waals surface area contributed by atoms with Crippen LogP contribution in [0.2, 0.25) is 0 Å². The van der Waals surface area contributed by atoms with Gasteiger partial charge in [0, 0.05) is 22.9 Å². The van der Waals surface area contributed by atoms with Crippen molar-refractivity contribution in [3.05, 3.63) is 39.9 Å². The number of aliphatic imine (C=N–C) groups is 1. The van der Waals surface area contributed by atoms with Crippen molar-refractivity contribution < 1.29 is 4.52 Å². The number of halogens is 1. The first-order valence-electron chi connectivity index (χ1n) is 6.23. The second kappa shape index (κ2) is 8.96. The van der Waals surface area contributed by atoms with Gasteiger partial charge in [-0.2, -0.15) is 0 Å². The van der Waals surface area contributed by atoms with Gasteiger partial charge in [0.15, 0.2) is 5.96 Å². The lowest BCUT2D eigenvalue weighted by molar-refractivity contribution is 0.410. The van der Waals surface area contributed by atoms with E-state index in [-0.39, 0.29) is 24.0 Å². The maximum Gasteiger partial charge on any atom is 0.191 e. The first-order chi connectivity index (χ1) is 9.31. The number of hydrogen-bond donors (Lipinski definition) is 2. The largest absolute Gasteiger partial charge is 0.364 e. The third-order valence-corrected chi connectivity index (χ3v) is 3.88. The molecule has 0 spiro atoms. The van der Waals surface area contributed by atoms with Crippen molar-refractivity contribution in [2.45, 2.75) is 26.4 Å². The summed E-state index contributed by atoms with van der Waals surface area (Å²) in [5, 5.41) is 10.3. The monoisotopic (exact) mass is 406 g/mol. The predicted molar refractivity (Wildman–Crippen MR) is 92.7 cm³/mol. The highest BCUT2D eigenvalue weighted by molar-refractivity contribution is 14.0. The van der Waals surface area contributed by atoms with Crippen LogP contribution in [0.25, 0.3) is 0 Å². The van der Waals surface area contributed by atoms with Crippen LogP contribution in [0.15, 0.2) is 34.0 Å². The SMILES string of the molecule is CCc1ccc(CNC(=NC)NCc2ccon2)s1.I. The molecular formula is C13H19IN4OS. The Labute approximate surface area is 139 Å². The van der Waals surface area contributed by atoms with Crippen LogP contribution < -0.4 is 10.6 Å². The van der Waals surface area contributed by atoms with E-state index in [1.807, 2.05) is 17.4 Å². The molecule has 5 nitrogen and oxygen atoms in total. The zero-order valence-corrected chi connectivity index (χ0v) is 14.7. The lowest BCUT2D eigenvalue weighted by atomic mass is 10.3. The summed E-state index contributed by atoms with van der Waals surface area (Å²) in [5.74, 6) is 0.759. The summed E-state index contributed by atoms with van der Waals surface area (Å²) < 4.78 is 4.78. The zero-order chi connectivity index (χ0) is 13.5. The lowest BCUT2D eigenvalue weighted by Gasteiger charge is -2.09. The first-order valence-corrected chi connectivity index (χ1v) is 7.05. The van der Waals surface area contributed by atoms with Gasteiger partial charge in [0.2, 0.25) is 0 Å². The molecule has 0 amide bonds. The zero-order valence-electron chi connectivity index (χ0n) is 11.5. The van der Waals surface area contributed by atoms with Crippen LogP contribution in [0.4, 0.5) is 0 Å². The van der Waals surface area contributed by atoms with Gasteiger partial charge in [0.05, 0.1) is 13.1 Å². The van der Waals surface area contributed by atoms with Crippen LogP contribution >= 0.6 is 35.3 Å². The van der Waals surface area contributed by atoms with Gasteiger partial charge in [-0.05, 0) is 18.6 Å². The first kappa shape index (κ1) is 17.0. The number of nitrogens with zero attached hydrogens (tertiary/aromatic N) is 2. The van der Waals surface area contributed by atoms with Crippen molar-refractivity contribution in [2.75, 3.05) is 7.05 Å². The summed E-state index contributed by atoms with van der Waals surface area (Å²) in [5.41, 5.74) is 0.854. The summed E-state index contributed by atoms with van der Waals surface area (Å²) in [7, 11) is 1.75. The fraction of sp³-hybridized carbons (Fsp3) is 0.385. The van der Waals surface area contributed by atoms with Gasteiger partial charge in [0.25, 0.3) is 0 Å². The molecule has 2 aromatic rings. The van der Waals surface area contributed by atoms with E-state index in [1.54, 1.807) is 13.3 Å². The number of aryl methyl sites for hydroxylation is 1. The molecule has 0 aliphatic carbocycles. The molecule has 2 aromatic heterocycles. The smallest absolute Gasteiger partial charge is 0.191 e. The van der Waals surface area contributed by atoms with E-state index in [9.17, 15) is 0 Å². The number of hydrogen-bond acceptors (Lipinski definition) is 4. The van der Waals surface area contributed by atoms with Crippen molar-refractivity contribution in [1.29, 1.82) is 0 Å². The third kappa shape index (κ3) is 5.12. The molecule has 7 heteroatoms. The molecule has 0 aliphatic heterocycles. The summed E-state index contributed by atoms with van der Waals surface area (Å²) in [4.78, 5) is 6.88. The Hall–Kier alpha value is -1.09. The second-order valence-corrected chi connectivity index (χ2v) is 5.24. The molecule has 0 fully saturated rings.